The van der Waals surface area contributed by atoms with Gasteiger partial charge in [0.2, 0.25) is 0 Å². The summed E-state index contributed by atoms with van der Waals surface area (Å²) in [6, 6.07) is 0. The van der Waals surface area contributed by atoms with Crippen molar-refractivity contribution in [3.8, 4) is 0 Å². The lowest BCUT2D eigenvalue weighted by Crippen LogP contribution is -2.31. The Morgan fingerprint density at radius 1 is 1.05 bits per heavy atom. The summed E-state index contributed by atoms with van der Waals surface area (Å²) in [5, 5.41) is 0. The van der Waals surface area contributed by atoms with Gasteiger partial charge in [-0.25, -0.2) is 0 Å². The van der Waals surface area contributed by atoms with Gasteiger partial charge < -0.3 is 9.64 Å². The minimum absolute atomic E-state index is 0.0927. The smallest absolute Gasteiger partial charge is 0.306 e. The van der Waals surface area contributed by atoms with E-state index < -0.39 is 0 Å². The van der Waals surface area contributed by atoms with Crippen LogP contribution in [0.3, 0.4) is 0 Å². The molecule has 0 atom stereocenters. The molecule has 0 unspecified atom stereocenters. The minimum Gasteiger partial charge on any atom is -0.466 e. The molecule has 0 N–H and O–H groups in total. The summed E-state index contributed by atoms with van der Waals surface area (Å²) in [6.45, 7) is 4.02. The third kappa shape index (κ3) is 5.74. The summed E-state index contributed by atoms with van der Waals surface area (Å²) < 4.78 is 5.32. The number of rotatable bonds is 6. The average Bonchev–Trinajstić information content (AvgIpc) is 2.73. The highest BCUT2D eigenvalue weighted by molar-refractivity contribution is 5.70. The van der Waals surface area contributed by atoms with E-state index in [4.69, 9.17) is 4.74 Å². The van der Waals surface area contributed by atoms with Gasteiger partial charge in [0.15, 0.2) is 0 Å². The molecule has 20 heavy (non-hydrogen) atoms. The lowest BCUT2D eigenvalue weighted by atomic mass is 10.1. The van der Waals surface area contributed by atoms with E-state index in [0.717, 1.165) is 13.0 Å². The van der Waals surface area contributed by atoms with Crippen LogP contribution in [-0.4, -0.2) is 37.1 Å². The van der Waals surface area contributed by atoms with Gasteiger partial charge in [0.25, 0.3) is 0 Å². The fourth-order valence-electron chi connectivity index (χ4n) is 2.65. The summed E-state index contributed by atoms with van der Waals surface area (Å²) in [5.74, 6) is 0.0736. The summed E-state index contributed by atoms with van der Waals surface area (Å²) in [6.07, 6.45) is 17.4. The van der Waals surface area contributed by atoms with Crippen molar-refractivity contribution >= 4 is 5.97 Å². The highest BCUT2D eigenvalue weighted by Gasteiger charge is 2.11. The molecule has 0 amide bonds. The Hall–Kier alpha value is -1.35. The second kappa shape index (κ2) is 8.75. The van der Waals surface area contributed by atoms with Gasteiger partial charge in [-0.1, -0.05) is 42.9 Å². The number of allylic oxidation sites excluding steroid dienone is 6. The van der Waals surface area contributed by atoms with Crippen LogP contribution in [0.1, 0.15) is 32.1 Å². The van der Waals surface area contributed by atoms with Gasteiger partial charge in [-0.05, 0) is 32.4 Å². The highest BCUT2D eigenvalue weighted by atomic mass is 16.5. The van der Waals surface area contributed by atoms with Gasteiger partial charge >= 0.3 is 5.97 Å². The summed E-state index contributed by atoms with van der Waals surface area (Å²) in [4.78, 5) is 14.2. The molecule has 2 rings (SSSR count). The molecule has 0 aromatic heterocycles. The number of carbonyl (C=O) groups is 1. The van der Waals surface area contributed by atoms with E-state index in [1.165, 1.54) is 32.4 Å². The molecular weight excluding hydrogens is 250 g/mol. The van der Waals surface area contributed by atoms with Crippen LogP contribution in [0, 0.1) is 5.92 Å². The van der Waals surface area contributed by atoms with E-state index in [1.807, 2.05) is 36.5 Å². The lowest BCUT2D eigenvalue weighted by Gasteiger charge is -2.26. The predicted octanol–water partition coefficient (Wildman–Crippen LogP) is 3.09. The van der Waals surface area contributed by atoms with Crippen molar-refractivity contribution in [1.29, 1.82) is 0 Å². The predicted molar refractivity (Wildman–Crippen MR) is 81.4 cm³/mol. The lowest BCUT2D eigenvalue weighted by molar-refractivity contribution is -0.144. The van der Waals surface area contributed by atoms with Crippen LogP contribution >= 0.6 is 0 Å². The largest absolute Gasteiger partial charge is 0.466 e. The minimum atomic E-state index is -0.0927. The first-order valence-corrected chi connectivity index (χ1v) is 7.74. The van der Waals surface area contributed by atoms with Crippen LogP contribution < -0.4 is 0 Å². The van der Waals surface area contributed by atoms with E-state index >= 15 is 0 Å². The number of esters is 1. The van der Waals surface area contributed by atoms with Gasteiger partial charge in [0.05, 0.1) is 13.0 Å². The molecule has 0 aromatic rings. The Labute approximate surface area is 122 Å². The molecule has 0 radical (unpaired) electrons. The van der Waals surface area contributed by atoms with Crippen molar-refractivity contribution < 1.29 is 9.53 Å². The van der Waals surface area contributed by atoms with Crippen LogP contribution in [-0.2, 0) is 9.53 Å². The molecule has 0 spiro atoms. The molecule has 1 aliphatic heterocycles. The van der Waals surface area contributed by atoms with Gasteiger partial charge in [-0.3, -0.25) is 4.79 Å². The molecule has 0 aromatic carbocycles. The normalized spacial score (nSPS) is 20.0. The Morgan fingerprint density at radius 3 is 2.45 bits per heavy atom. The third-order valence-corrected chi connectivity index (χ3v) is 3.78. The molecule has 3 nitrogen and oxygen atoms in total. The van der Waals surface area contributed by atoms with E-state index in [1.54, 1.807) is 0 Å². The van der Waals surface area contributed by atoms with Crippen molar-refractivity contribution in [2.75, 3.05) is 26.2 Å². The molecule has 1 saturated heterocycles. The van der Waals surface area contributed by atoms with Crippen molar-refractivity contribution in [1.82, 2.24) is 4.90 Å². The number of piperidine rings is 1. The second-order valence-corrected chi connectivity index (χ2v) is 5.50. The fraction of sp³-hybridized carbons (Fsp3) is 0.588. The van der Waals surface area contributed by atoms with Crippen LogP contribution in [0.2, 0.25) is 0 Å². The first-order chi connectivity index (χ1) is 9.84. The number of likely N-dealkylation sites (tertiary alicyclic amines) is 1. The maximum absolute atomic E-state index is 11.8. The Morgan fingerprint density at radius 2 is 1.75 bits per heavy atom. The van der Waals surface area contributed by atoms with Crippen molar-refractivity contribution in [2.45, 2.75) is 32.1 Å². The van der Waals surface area contributed by atoms with Crippen molar-refractivity contribution in [2.24, 2.45) is 5.92 Å². The van der Waals surface area contributed by atoms with Crippen molar-refractivity contribution in [3.05, 3.63) is 36.5 Å². The maximum Gasteiger partial charge on any atom is 0.306 e. The molecule has 110 valence electrons. The molecule has 0 saturated carbocycles. The zero-order valence-electron chi connectivity index (χ0n) is 12.2. The van der Waals surface area contributed by atoms with Crippen LogP contribution in [0.5, 0.6) is 0 Å². The summed E-state index contributed by atoms with van der Waals surface area (Å²) >= 11 is 0. The van der Waals surface area contributed by atoms with Crippen LogP contribution in [0.4, 0.5) is 0 Å². The quantitative estimate of drug-likeness (QED) is 0.551. The summed E-state index contributed by atoms with van der Waals surface area (Å²) in [5.41, 5.74) is 0. The zero-order chi connectivity index (χ0) is 14.0. The first-order valence-electron chi connectivity index (χ1n) is 7.74. The van der Waals surface area contributed by atoms with Crippen molar-refractivity contribution in [3.63, 3.8) is 0 Å². The number of carbonyl (C=O) groups excluding carboxylic acids is 1. The highest BCUT2D eigenvalue weighted by Crippen LogP contribution is 2.12. The molecule has 1 aliphatic carbocycles. The number of nitrogens with zero attached hydrogens (tertiary/aromatic N) is 1. The Kier molecular flexibility index (Phi) is 6.58. The second-order valence-electron chi connectivity index (χ2n) is 5.50. The maximum atomic E-state index is 11.8. The number of hydrogen-bond acceptors (Lipinski definition) is 3. The average molecular weight is 275 g/mol. The molecule has 0 bridgehead atoms. The fourth-order valence-corrected chi connectivity index (χ4v) is 2.65. The SMILES string of the molecule is O=C(CC1C=CC=CC=C1)OCCCN1CCCCC1. The monoisotopic (exact) mass is 275 g/mol. The van der Waals surface area contributed by atoms with E-state index in [-0.39, 0.29) is 11.9 Å². The van der Waals surface area contributed by atoms with Crippen LogP contribution in [0.25, 0.3) is 0 Å². The van der Waals surface area contributed by atoms with Gasteiger partial charge in [0, 0.05) is 12.5 Å². The van der Waals surface area contributed by atoms with E-state index in [0.29, 0.717) is 13.0 Å². The topological polar surface area (TPSA) is 29.5 Å². The van der Waals surface area contributed by atoms with E-state index in [9.17, 15) is 4.79 Å². The molecular formula is C17H25NO2. The Bertz CT molecular complexity index is 362. The zero-order valence-corrected chi connectivity index (χ0v) is 12.2. The third-order valence-electron chi connectivity index (χ3n) is 3.78. The summed E-state index contributed by atoms with van der Waals surface area (Å²) in [7, 11) is 0. The van der Waals surface area contributed by atoms with E-state index in [2.05, 4.69) is 4.90 Å². The standard InChI is InChI=1S/C17H25NO2/c19-17(15-16-9-4-1-2-5-10-16)20-14-8-13-18-11-6-3-7-12-18/h1-2,4-5,9-10,16H,3,6-8,11-15H2. The molecule has 1 heterocycles. The Balaban J connectivity index is 1.55. The van der Waals surface area contributed by atoms with Gasteiger partial charge in [-0.2, -0.15) is 0 Å². The molecule has 2 aliphatic rings. The first kappa shape index (κ1) is 15.0. The van der Waals surface area contributed by atoms with Crippen LogP contribution in [0.15, 0.2) is 36.5 Å². The van der Waals surface area contributed by atoms with Gasteiger partial charge in [-0.15, -0.1) is 0 Å². The number of hydrogen-bond donors (Lipinski definition) is 0. The van der Waals surface area contributed by atoms with Gasteiger partial charge in [0.1, 0.15) is 0 Å². The molecule has 1 fully saturated rings. The molecule has 3 heteroatoms. The number of ether oxygens (including phenoxy) is 1.